The van der Waals surface area contributed by atoms with Crippen LogP contribution in [-0.4, -0.2) is 258 Å². The molecule has 40 heteroatoms. The zero-order chi connectivity index (χ0) is 107. The van der Waals surface area contributed by atoms with Crippen LogP contribution < -0.4 is 64.6 Å². The van der Waals surface area contributed by atoms with Gasteiger partial charge >= 0.3 is 42.2 Å². The van der Waals surface area contributed by atoms with Crippen LogP contribution >= 0.6 is 0 Å². The standard InChI is InChI=1S/C37H59N5O7.C33H48F3N5O7.C33H53N5O8/c1-11-13-23(26(43)31(45)38-18-12-2)39-30(44)25-24-22(37(24,9)10)19-42(25)32(46)28(35(3,4)5)40-34(48)41-29(36(6,7)8)33(47)49-27(20-14-15-20)21-16-17-21;1-30(2,3)23(39-29(47)40-24(28(46)48-15-17-9-10-17)32(11-12-32)33(34,35)36)27(45)41-14-18-20(31(18,4)5)21(41)26(44)38-19(22(42)25(37)43)13-16-7-6-8-16;1-31(2,3)24(36-30(44)37-25(32(4,5)6)29(43)46-18-12-13-45-16-18)28(42)38-15-19-21(33(19,7)8)22(38)27(41)35-20(23(39)26(34)40)14-17-10-9-11-17/h12,20-25,27-29H,2,11,13-19H2,1,3-10H3,(H,38,45)(H,39,44)(H2,40,41,48);16-21,23-24H,6-15H2,1-5H3,(H2,37,43)(H,38,44)(H2,39,40,47);17-22,24-25H,9-16H2,1-8H3,(H2,34,40)(H,35,41)(H2,36,37,44)/t22-,23?,24-,25-,28+,29+;18-,19?,20-,21-,23+,24+;18?,19-,20?,21-,22-,24+,25+/m000/s1. The number of nitrogens with one attached hydrogen (secondary N) is 10. The number of rotatable bonds is 39. The number of primary amides is 2. The molecule has 14 N–H and O–H groups in total. The second kappa shape index (κ2) is 43.2. The molecule has 4 heterocycles. The number of fused-ring (bicyclic) bond motifs is 3. The Bertz CT molecular complexity index is 4830. The Morgan fingerprint density at radius 2 is 0.804 bits per heavy atom. The molecule has 13 aliphatic rings. The highest BCUT2D eigenvalue weighted by Gasteiger charge is 2.74. The van der Waals surface area contributed by atoms with Crippen LogP contribution in [0.25, 0.3) is 0 Å². The number of alkyl halides is 3. The Kier molecular flexibility index (Phi) is 34.2. The van der Waals surface area contributed by atoms with Gasteiger partial charge in [0.1, 0.15) is 66.6 Å². The quantitative estimate of drug-likeness (QED) is 0.0121. The predicted molar refractivity (Wildman–Crippen MR) is 517 cm³/mol. The van der Waals surface area contributed by atoms with Gasteiger partial charge in [0, 0.05) is 32.6 Å². The lowest BCUT2D eigenvalue weighted by Crippen LogP contribution is -2.63. The summed E-state index contributed by atoms with van der Waals surface area (Å²) >= 11 is 0. The van der Waals surface area contributed by atoms with E-state index < -0.39 is 218 Å². The molecule has 0 spiro atoms. The zero-order valence-electron chi connectivity index (χ0n) is 87.7. The number of Topliss-reactive ketones (excluding diaryl/α,β-unsaturated/α-hetero) is 3. The number of amides is 15. The highest BCUT2D eigenvalue weighted by Crippen LogP contribution is 2.68. The maximum atomic E-state index is 14.4. The van der Waals surface area contributed by atoms with Gasteiger partial charge in [-0.15, -0.1) is 6.58 Å². The van der Waals surface area contributed by atoms with Crippen molar-refractivity contribution >= 4 is 107 Å². The Morgan fingerprint density at radius 3 is 1.10 bits per heavy atom. The van der Waals surface area contributed by atoms with Crippen molar-refractivity contribution < 1.29 is 118 Å². The summed E-state index contributed by atoms with van der Waals surface area (Å²) in [5.41, 5.74) is 3.57. The minimum Gasteiger partial charge on any atom is -0.464 e. The van der Waals surface area contributed by atoms with Crippen LogP contribution in [0.2, 0.25) is 0 Å². The summed E-state index contributed by atoms with van der Waals surface area (Å²) in [4.78, 5) is 243. The molecule has 800 valence electrons. The minimum absolute atomic E-state index is 0.0285. The van der Waals surface area contributed by atoms with E-state index in [1.165, 1.54) is 20.8 Å². The molecule has 0 bridgehead atoms. The number of nitrogens with two attached hydrogens (primary N) is 2. The molecule has 13 fully saturated rings. The average molecular weight is 2020 g/mol. The lowest BCUT2D eigenvalue weighted by Gasteiger charge is -2.38. The molecule has 15 amide bonds. The smallest absolute Gasteiger partial charge is 0.397 e. The number of ether oxygens (including phenoxy) is 4. The van der Waals surface area contributed by atoms with E-state index in [1.54, 1.807) is 62.3 Å². The third-order valence-electron chi connectivity index (χ3n) is 32.6. The highest BCUT2D eigenvalue weighted by molar-refractivity contribution is 6.39. The molecule has 0 aromatic heterocycles. The fourth-order valence-electron chi connectivity index (χ4n) is 22.1. The van der Waals surface area contributed by atoms with E-state index in [9.17, 15) is 99.5 Å². The van der Waals surface area contributed by atoms with Crippen LogP contribution in [0.15, 0.2) is 12.7 Å². The highest BCUT2D eigenvalue weighted by atomic mass is 19.4. The Balaban J connectivity index is 0.000000205. The molecular weight excluding hydrogens is 1860 g/mol. The third kappa shape index (κ3) is 26.5. The van der Waals surface area contributed by atoms with Crippen LogP contribution in [0, 0.1) is 114 Å². The van der Waals surface area contributed by atoms with Gasteiger partial charge in [-0.2, -0.15) is 13.2 Å². The Labute approximate surface area is 838 Å². The normalized spacial score (nSPS) is 26.4. The molecule has 0 aromatic carbocycles. The molecule has 13 rings (SSSR count). The number of carbonyl (C=O) groups excluding carboxylic acids is 18. The second-order valence-electron chi connectivity index (χ2n) is 50.0. The summed E-state index contributed by atoms with van der Waals surface area (Å²) in [6.45, 7) is 46.1. The van der Waals surface area contributed by atoms with Crippen molar-refractivity contribution in [2.45, 2.75) is 365 Å². The number of likely N-dealkylation sites (tertiary alicyclic amines) is 3. The fourth-order valence-corrected chi connectivity index (χ4v) is 22.1. The van der Waals surface area contributed by atoms with Crippen molar-refractivity contribution in [2.75, 3.05) is 46.0 Å². The maximum Gasteiger partial charge on any atom is 0.397 e. The van der Waals surface area contributed by atoms with Gasteiger partial charge < -0.3 is 98.3 Å². The summed E-state index contributed by atoms with van der Waals surface area (Å²) in [6.07, 6.45) is 8.79. The van der Waals surface area contributed by atoms with Crippen LogP contribution in [0.4, 0.5) is 27.6 Å². The van der Waals surface area contributed by atoms with Crippen molar-refractivity contribution in [3.8, 4) is 0 Å². The minimum atomic E-state index is -4.78. The summed E-state index contributed by atoms with van der Waals surface area (Å²) in [7, 11) is 0. The predicted octanol–water partition coefficient (Wildman–Crippen LogP) is 7.72. The topological polar surface area (TPSA) is 526 Å². The molecule has 143 heavy (non-hydrogen) atoms. The zero-order valence-corrected chi connectivity index (χ0v) is 87.7. The molecule has 37 nitrogen and oxygen atoms in total. The molecule has 9 aliphatic carbocycles. The number of ketones is 3. The van der Waals surface area contributed by atoms with Crippen LogP contribution in [0.1, 0.15) is 274 Å². The lowest BCUT2D eigenvalue weighted by atomic mass is 9.80. The number of esters is 3. The number of carbonyl (C=O) groups is 18. The van der Waals surface area contributed by atoms with E-state index in [0.29, 0.717) is 57.4 Å². The lowest BCUT2D eigenvalue weighted by molar-refractivity contribution is -0.202. The number of hydrogen-bond donors (Lipinski definition) is 12. The molecule has 4 unspecified atom stereocenters. The molecular formula is C103H160F3N15O22. The van der Waals surface area contributed by atoms with E-state index in [4.69, 9.17) is 30.4 Å². The monoisotopic (exact) mass is 2020 g/mol. The van der Waals surface area contributed by atoms with Crippen LogP contribution in [0.3, 0.4) is 0 Å². The number of nitrogens with zero attached hydrogens (tertiary/aromatic N) is 3. The van der Waals surface area contributed by atoms with E-state index in [2.05, 4.69) is 73.6 Å². The van der Waals surface area contributed by atoms with E-state index in [0.717, 1.165) is 77.0 Å². The van der Waals surface area contributed by atoms with E-state index >= 15 is 0 Å². The molecule has 0 radical (unpaired) electrons. The van der Waals surface area contributed by atoms with Crippen molar-refractivity contribution in [1.82, 2.24) is 67.9 Å². The van der Waals surface area contributed by atoms with Gasteiger partial charge in [0.2, 0.25) is 52.8 Å². The first-order chi connectivity index (χ1) is 66.1. The van der Waals surface area contributed by atoms with Gasteiger partial charge in [-0.05, 0) is 179 Å². The Morgan fingerprint density at radius 1 is 0.448 bits per heavy atom. The molecule has 19 atom stereocenters. The summed E-state index contributed by atoms with van der Waals surface area (Å²) in [5.74, 6) is -10.2. The first kappa shape index (κ1) is 113. The molecule has 0 aromatic rings. The summed E-state index contributed by atoms with van der Waals surface area (Å²) in [5, 5.41) is 26.6. The van der Waals surface area contributed by atoms with Crippen molar-refractivity contribution in [3.05, 3.63) is 12.7 Å². The number of halogens is 3. The molecule has 4 aliphatic heterocycles. The van der Waals surface area contributed by atoms with Crippen molar-refractivity contribution in [2.24, 2.45) is 125 Å². The van der Waals surface area contributed by atoms with Gasteiger partial charge in [0.25, 0.3) is 17.7 Å². The average Bonchev–Trinajstić information content (AvgIpc) is 1.53. The van der Waals surface area contributed by atoms with Crippen LogP contribution in [-0.2, 0) is 90.9 Å². The first-order valence-electron chi connectivity index (χ1n) is 51.5. The van der Waals surface area contributed by atoms with Gasteiger partial charge in [-0.1, -0.05) is 203 Å². The summed E-state index contributed by atoms with van der Waals surface area (Å²) in [6, 6.07) is -15.9. The van der Waals surface area contributed by atoms with Gasteiger partial charge in [-0.25, -0.2) is 28.8 Å². The van der Waals surface area contributed by atoms with E-state index in [-0.39, 0.29) is 127 Å². The van der Waals surface area contributed by atoms with Gasteiger partial charge in [0.15, 0.2) is 0 Å². The number of piperidine rings is 3. The number of hydrogen-bond acceptors (Lipinski definition) is 22. The van der Waals surface area contributed by atoms with Crippen molar-refractivity contribution in [3.63, 3.8) is 0 Å². The van der Waals surface area contributed by atoms with Crippen LogP contribution in [0.5, 0.6) is 0 Å². The SMILES string of the molecule is C=CCNC(=O)C(=O)C(CCC)NC(=O)[C@@H]1[C@@H]2[C@H](CN1C(=O)[C@@H](NC(=O)N[C@H](C(=O)OC(C1CC1)C1CC1)C(C)(C)C)C(C)(C)C)C2(C)C.CC(C)(C)[C@H](NC(=O)N[C@H](C(=O)N1C[C@H]2[C@@H]([C@H]1C(=O)NC(CC1CCC1)C(=O)C(N)=O)C2(C)C)C(C)(C)C)C(=O)OC1CCOC1.CC(C)(C)[C@H](NC(=O)N[C@H](C(=O)OCC1CC1)C1(C(F)(F)F)CC1)C(=O)N1C[C@H]2[C@@H]([C@H]1C(=O)NC(CC1CCC1)C(=O)C(N)=O)C2(C)C. The number of urea groups is 3. The van der Waals surface area contributed by atoms with Crippen molar-refractivity contribution in [1.29, 1.82) is 0 Å². The second-order valence-corrected chi connectivity index (χ2v) is 50.0. The largest absolute Gasteiger partial charge is 0.464 e. The third-order valence-corrected chi connectivity index (χ3v) is 32.6. The molecule has 4 saturated heterocycles. The summed E-state index contributed by atoms with van der Waals surface area (Å²) < 4.78 is 64.5. The Hall–Kier alpha value is -10.1. The van der Waals surface area contributed by atoms with Gasteiger partial charge in [0.05, 0.1) is 43.4 Å². The maximum absolute atomic E-state index is 14.4. The molecule has 9 saturated carbocycles. The fraction of sp³-hybridized carbons (Fsp3) is 0.806. The first-order valence-corrected chi connectivity index (χ1v) is 51.5. The van der Waals surface area contributed by atoms with Gasteiger partial charge in [-0.3, -0.25) is 57.5 Å². The van der Waals surface area contributed by atoms with E-state index in [1.807, 2.05) is 76.2 Å².